The van der Waals surface area contributed by atoms with Crippen molar-refractivity contribution in [3.8, 4) is 0 Å². The summed E-state index contributed by atoms with van der Waals surface area (Å²) in [5.74, 6) is -0.821. The van der Waals surface area contributed by atoms with E-state index >= 15 is 0 Å². The molecule has 5 nitrogen and oxygen atoms in total. The largest absolute Gasteiger partial charge is 0.399 e. The van der Waals surface area contributed by atoms with Gasteiger partial charge in [-0.05, 0) is 59.1 Å². The molecule has 0 spiro atoms. The van der Waals surface area contributed by atoms with Crippen molar-refractivity contribution < 1.29 is 12.8 Å². The lowest BCUT2D eigenvalue weighted by Gasteiger charge is -2.11. The molecule has 21 heavy (non-hydrogen) atoms. The van der Waals surface area contributed by atoms with Crippen molar-refractivity contribution in [1.82, 2.24) is 4.98 Å². The molecule has 0 aliphatic rings. The van der Waals surface area contributed by atoms with Crippen molar-refractivity contribution in [2.75, 3.05) is 10.5 Å². The first kappa shape index (κ1) is 15.7. The molecule has 0 aliphatic heterocycles. The second kappa shape index (κ2) is 5.61. The molecule has 1 heterocycles. The topological polar surface area (TPSA) is 85.1 Å². The summed E-state index contributed by atoms with van der Waals surface area (Å²) in [5, 5.41) is 0. The van der Waals surface area contributed by atoms with Gasteiger partial charge >= 0.3 is 0 Å². The number of benzene rings is 1. The summed E-state index contributed by atoms with van der Waals surface area (Å²) in [6.07, 6.45) is 1.34. The number of rotatable bonds is 3. The molecule has 0 atom stereocenters. The summed E-state index contributed by atoms with van der Waals surface area (Å²) in [5.41, 5.74) is 6.93. The highest BCUT2D eigenvalue weighted by atomic mass is 79.9. The van der Waals surface area contributed by atoms with Gasteiger partial charge in [-0.3, -0.25) is 4.72 Å². The van der Waals surface area contributed by atoms with Crippen LogP contribution in [-0.4, -0.2) is 13.4 Å². The molecule has 2 aromatic rings. The van der Waals surface area contributed by atoms with Crippen LogP contribution in [0.2, 0.25) is 0 Å². The average molecular weight is 374 g/mol. The summed E-state index contributed by atoms with van der Waals surface area (Å²) in [7, 11) is -4.08. The summed E-state index contributed by atoms with van der Waals surface area (Å²) in [6, 6.07) is 4.05. The normalized spacial score (nSPS) is 11.4. The van der Waals surface area contributed by atoms with E-state index in [0.717, 1.165) is 11.6 Å². The Morgan fingerprint density at radius 3 is 2.52 bits per heavy atom. The van der Waals surface area contributed by atoms with Gasteiger partial charge in [-0.15, -0.1) is 0 Å². The smallest absolute Gasteiger partial charge is 0.264 e. The molecule has 0 fully saturated rings. The van der Waals surface area contributed by atoms with Gasteiger partial charge in [0.25, 0.3) is 10.0 Å². The van der Waals surface area contributed by atoms with Crippen LogP contribution in [0.1, 0.15) is 11.1 Å². The highest BCUT2D eigenvalue weighted by molar-refractivity contribution is 9.10. The van der Waals surface area contributed by atoms with Crippen LogP contribution in [0.5, 0.6) is 0 Å². The molecule has 0 aliphatic carbocycles. The Morgan fingerprint density at radius 2 is 1.90 bits per heavy atom. The van der Waals surface area contributed by atoms with Crippen molar-refractivity contribution in [2.45, 2.75) is 18.7 Å². The Bertz CT molecular complexity index is 809. The molecule has 0 unspecified atom stereocenters. The maximum absolute atomic E-state index is 14.0. The van der Waals surface area contributed by atoms with E-state index in [0.29, 0.717) is 4.60 Å². The van der Waals surface area contributed by atoms with E-state index in [9.17, 15) is 12.8 Å². The average Bonchev–Trinajstić information content (AvgIpc) is 2.37. The van der Waals surface area contributed by atoms with Crippen molar-refractivity contribution in [3.63, 3.8) is 0 Å². The van der Waals surface area contributed by atoms with E-state index in [1.54, 1.807) is 13.0 Å². The lowest BCUT2D eigenvalue weighted by Crippen LogP contribution is -2.16. The Labute approximate surface area is 130 Å². The maximum atomic E-state index is 14.0. The third kappa shape index (κ3) is 3.33. The number of nitrogens with two attached hydrogens (primary N) is 1. The Hall–Kier alpha value is -1.67. The van der Waals surface area contributed by atoms with Crippen LogP contribution in [0.25, 0.3) is 0 Å². The summed E-state index contributed by atoms with van der Waals surface area (Å²) in [6.45, 7) is 3.22. The zero-order valence-electron chi connectivity index (χ0n) is 11.3. The van der Waals surface area contributed by atoms with E-state index in [1.165, 1.54) is 19.2 Å². The van der Waals surface area contributed by atoms with Crippen LogP contribution in [0.3, 0.4) is 0 Å². The molecule has 0 radical (unpaired) electrons. The predicted octanol–water partition coefficient (Wildman–Crippen LogP) is 2.98. The number of nitrogens with one attached hydrogen (secondary N) is 1. The molecule has 8 heteroatoms. The molecule has 0 saturated heterocycles. The Morgan fingerprint density at radius 1 is 1.24 bits per heavy atom. The number of halogens is 2. The van der Waals surface area contributed by atoms with Gasteiger partial charge in [0.2, 0.25) is 0 Å². The Balaban J connectivity index is 2.45. The number of nitrogens with zero attached hydrogens (tertiary/aromatic N) is 1. The first-order valence-corrected chi connectivity index (χ1v) is 8.19. The fourth-order valence-electron chi connectivity index (χ4n) is 1.78. The Kier molecular flexibility index (Phi) is 4.20. The highest BCUT2D eigenvalue weighted by Crippen LogP contribution is 2.25. The van der Waals surface area contributed by atoms with E-state index in [2.05, 4.69) is 25.6 Å². The molecule has 0 amide bonds. The standard InChI is InChI=1S/C13H13BrFN3O2S/c1-7-3-9(16)5-11(12(7)15)21(19,20)18-10-4-8(2)13(14)17-6-10/h3-6,18H,16H2,1-2H3. The first-order chi connectivity index (χ1) is 9.70. The number of hydrogen-bond donors (Lipinski definition) is 2. The summed E-state index contributed by atoms with van der Waals surface area (Å²) in [4.78, 5) is 3.50. The van der Waals surface area contributed by atoms with Crippen LogP contribution in [0, 0.1) is 19.7 Å². The van der Waals surface area contributed by atoms with Gasteiger partial charge in [-0.2, -0.15) is 0 Å². The monoisotopic (exact) mass is 373 g/mol. The van der Waals surface area contributed by atoms with E-state index < -0.39 is 20.7 Å². The highest BCUT2D eigenvalue weighted by Gasteiger charge is 2.21. The van der Waals surface area contributed by atoms with E-state index in [1.807, 2.05) is 0 Å². The molecule has 1 aromatic heterocycles. The lowest BCUT2D eigenvalue weighted by molar-refractivity contribution is 0.565. The number of nitrogen functional groups attached to an aromatic ring is 1. The quantitative estimate of drug-likeness (QED) is 0.639. The van der Waals surface area contributed by atoms with Gasteiger partial charge < -0.3 is 5.73 Å². The van der Waals surface area contributed by atoms with Crippen LogP contribution in [-0.2, 0) is 10.0 Å². The molecule has 0 bridgehead atoms. The second-order valence-electron chi connectivity index (χ2n) is 4.59. The van der Waals surface area contributed by atoms with Gasteiger partial charge in [0.05, 0.1) is 11.9 Å². The minimum Gasteiger partial charge on any atom is -0.399 e. The fourth-order valence-corrected chi connectivity index (χ4v) is 3.22. The minimum absolute atomic E-state index is 0.167. The number of hydrogen-bond acceptors (Lipinski definition) is 4. The van der Waals surface area contributed by atoms with Gasteiger partial charge in [0, 0.05) is 5.69 Å². The SMILES string of the molecule is Cc1cc(NS(=O)(=O)c2cc(N)cc(C)c2F)cnc1Br. The number of sulfonamides is 1. The molecular formula is C13H13BrFN3O2S. The van der Waals surface area contributed by atoms with Crippen molar-refractivity contribution in [2.24, 2.45) is 0 Å². The third-order valence-electron chi connectivity index (χ3n) is 2.80. The zero-order valence-corrected chi connectivity index (χ0v) is 13.7. The zero-order chi connectivity index (χ0) is 15.8. The summed E-state index contributed by atoms with van der Waals surface area (Å²) < 4.78 is 41.5. The number of aryl methyl sites for hydroxylation is 2. The minimum atomic E-state index is -4.08. The van der Waals surface area contributed by atoms with Gasteiger partial charge in [0.15, 0.2) is 0 Å². The molecule has 1 aromatic carbocycles. The molecule has 2 rings (SSSR count). The molecule has 0 saturated carbocycles. The maximum Gasteiger partial charge on any atom is 0.264 e. The predicted molar refractivity (Wildman–Crippen MR) is 83.0 cm³/mol. The number of aromatic nitrogens is 1. The van der Waals surface area contributed by atoms with Crippen LogP contribution in [0.15, 0.2) is 33.9 Å². The third-order valence-corrected chi connectivity index (χ3v) is 5.01. The molecule has 112 valence electrons. The van der Waals surface area contributed by atoms with E-state index in [-0.39, 0.29) is 16.9 Å². The number of pyridine rings is 1. The summed E-state index contributed by atoms with van der Waals surface area (Å²) >= 11 is 3.22. The second-order valence-corrected chi connectivity index (χ2v) is 6.99. The van der Waals surface area contributed by atoms with Gasteiger partial charge in [-0.25, -0.2) is 17.8 Å². The van der Waals surface area contributed by atoms with Gasteiger partial charge in [-0.1, -0.05) is 0 Å². The first-order valence-electron chi connectivity index (χ1n) is 5.91. The lowest BCUT2D eigenvalue weighted by atomic mass is 10.2. The van der Waals surface area contributed by atoms with E-state index in [4.69, 9.17) is 5.73 Å². The van der Waals surface area contributed by atoms with Crippen LogP contribution < -0.4 is 10.5 Å². The number of anilines is 2. The van der Waals surface area contributed by atoms with Gasteiger partial charge in [0.1, 0.15) is 15.3 Å². The molecule has 3 N–H and O–H groups in total. The molecular weight excluding hydrogens is 361 g/mol. The van der Waals surface area contributed by atoms with Crippen molar-refractivity contribution in [1.29, 1.82) is 0 Å². The van der Waals surface area contributed by atoms with Crippen molar-refractivity contribution in [3.05, 3.63) is 45.9 Å². The fraction of sp³-hybridized carbons (Fsp3) is 0.154. The van der Waals surface area contributed by atoms with Crippen LogP contribution >= 0.6 is 15.9 Å². The van der Waals surface area contributed by atoms with Crippen molar-refractivity contribution >= 4 is 37.3 Å². The van der Waals surface area contributed by atoms with Crippen LogP contribution in [0.4, 0.5) is 15.8 Å².